The molecule has 2 aromatic heterocycles. The van der Waals surface area contributed by atoms with E-state index in [-0.39, 0.29) is 18.2 Å². The van der Waals surface area contributed by atoms with Crippen molar-refractivity contribution in [2.45, 2.75) is 51.5 Å². The van der Waals surface area contributed by atoms with Crippen molar-refractivity contribution in [1.82, 2.24) is 19.7 Å². The number of aromatic nitrogens is 4. The summed E-state index contributed by atoms with van der Waals surface area (Å²) >= 11 is 0. The summed E-state index contributed by atoms with van der Waals surface area (Å²) < 4.78 is 13.8. The molecule has 2 aromatic rings. The molecule has 0 radical (unpaired) electrons. The van der Waals surface area contributed by atoms with E-state index in [1.807, 2.05) is 29.2 Å². The highest BCUT2D eigenvalue weighted by molar-refractivity contribution is 5.42. The number of morpholine rings is 1. The third kappa shape index (κ3) is 4.62. The van der Waals surface area contributed by atoms with Crippen molar-refractivity contribution >= 4 is 11.8 Å². The van der Waals surface area contributed by atoms with Gasteiger partial charge in [0.15, 0.2) is 0 Å². The molecule has 0 bridgehead atoms. The maximum Gasteiger partial charge on any atom is 0.227 e. The Hall–Kier alpha value is -2.19. The molecule has 0 amide bonds. The smallest absolute Gasteiger partial charge is 0.227 e. The Balaban J connectivity index is 1.41. The van der Waals surface area contributed by atoms with Gasteiger partial charge < -0.3 is 19.7 Å². The lowest BCUT2D eigenvalue weighted by atomic mass is 9.94. The maximum absolute atomic E-state index is 5.99. The molecular formula is C20H30N6O2. The van der Waals surface area contributed by atoms with Crippen LogP contribution in [-0.4, -0.2) is 64.3 Å². The molecule has 2 aliphatic rings. The summed E-state index contributed by atoms with van der Waals surface area (Å²) in [6.07, 6.45) is 8.05. The standard InChI is InChI=1S/C20H30N6O2/c1-15(2)19-17(5-3-11-28-19)23-18-6-8-21-20(24-18)25-10-12-27-16(13-25)14-26-9-4-7-22-26/h4,6-9,15-17,19H,3,5,10-14H2,1-2H3,(H,21,23,24)/t16-,17+,19+/m1/s1. The minimum absolute atomic E-state index is 0.0749. The van der Waals surface area contributed by atoms with E-state index in [0.29, 0.717) is 12.5 Å². The molecule has 2 aliphatic heterocycles. The Morgan fingerprint density at radius 3 is 3.00 bits per heavy atom. The van der Waals surface area contributed by atoms with Gasteiger partial charge in [0, 0.05) is 38.3 Å². The summed E-state index contributed by atoms with van der Waals surface area (Å²) in [5.41, 5.74) is 0. The fourth-order valence-electron chi connectivity index (χ4n) is 4.01. The molecule has 2 fully saturated rings. The number of rotatable bonds is 6. The van der Waals surface area contributed by atoms with Crippen molar-refractivity contribution in [1.29, 1.82) is 0 Å². The fourth-order valence-corrected chi connectivity index (χ4v) is 4.01. The zero-order valence-corrected chi connectivity index (χ0v) is 16.7. The molecule has 4 heterocycles. The number of nitrogens with one attached hydrogen (secondary N) is 1. The average Bonchev–Trinajstić information content (AvgIpc) is 3.22. The lowest BCUT2D eigenvalue weighted by Crippen LogP contribution is -2.45. The summed E-state index contributed by atoms with van der Waals surface area (Å²) in [6.45, 7) is 8.22. The van der Waals surface area contributed by atoms with Gasteiger partial charge in [0.05, 0.1) is 31.4 Å². The van der Waals surface area contributed by atoms with Gasteiger partial charge in [0.25, 0.3) is 0 Å². The minimum atomic E-state index is 0.0749. The largest absolute Gasteiger partial charge is 0.376 e. The number of ether oxygens (including phenoxy) is 2. The quantitative estimate of drug-likeness (QED) is 0.815. The molecule has 1 N–H and O–H groups in total. The van der Waals surface area contributed by atoms with Crippen LogP contribution < -0.4 is 10.2 Å². The normalized spacial score (nSPS) is 25.8. The SMILES string of the molecule is CC(C)[C@@H]1OCCC[C@@H]1Nc1ccnc(N2CCO[C@@H](Cn3cccn3)C2)n1. The molecule has 0 aromatic carbocycles. The van der Waals surface area contributed by atoms with Crippen molar-refractivity contribution < 1.29 is 9.47 Å². The number of hydrogen-bond acceptors (Lipinski definition) is 7. The molecule has 0 unspecified atom stereocenters. The molecular weight excluding hydrogens is 356 g/mol. The molecule has 0 saturated carbocycles. The van der Waals surface area contributed by atoms with Crippen LogP contribution in [0, 0.1) is 5.92 Å². The van der Waals surface area contributed by atoms with Crippen LogP contribution >= 0.6 is 0 Å². The first-order valence-electron chi connectivity index (χ1n) is 10.2. The highest BCUT2D eigenvalue weighted by atomic mass is 16.5. The average molecular weight is 387 g/mol. The maximum atomic E-state index is 5.99. The van der Waals surface area contributed by atoms with E-state index in [1.165, 1.54) is 0 Å². The van der Waals surface area contributed by atoms with E-state index in [9.17, 15) is 0 Å². The summed E-state index contributed by atoms with van der Waals surface area (Å²) in [5, 5.41) is 7.86. The van der Waals surface area contributed by atoms with Crippen molar-refractivity contribution in [2.75, 3.05) is 36.5 Å². The van der Waals surface area contributed by atoms with Gasteiger partial charge in [0.1, 0.15) is 5.82 Å². The molecule has 4 rings (SSSR count). The van der Waals surface area contributed by atoms with Gasteiger partial charge in [-0.2, -0.15) is 10.1 Å². The topological polar surface area (TPSA) is 77.3 Å². The first-order valence-corrected chi connectivity index (χ1v) is 10.2. The lowest BCUT2D eigenvalue weighted by Gasteiger charge is -2.35. The minimum Gasteiger partial charge on any atom is -0.376 e. The first-order chi connectivity index (χ1) is 13.7. The Labute approximate surface area is 166 Å². The zero-order valence-electron chi connectivity index (χ0n) is 16.7. The van der Waals surface area contributed by atoms with Gasteiger partial charge >= 0.3 is 0 Å². The Morgan fingerprint density at radius 2 is 2.18 bits per heavy atom. The predicted octanol–water partition coefficient (Wildman–Crippen LogP) is 2.19. The Kier molecular flexibility index (Phi) is 6.07. The van der Waals surface area contributed by atoms with Crippen molar-refractivity contribution in [3.63, 3.8) is 0 Å². The van der Waals surface area contributed by atoms with E-state index >= 15 is 0 Å². The van der Waals surface area contributed by atoms with Crippen LogP contribution in [0.15, 0.2) is 30.7 Å². The second-order valence-electron chi connectivity index (χ2n) is 7.88. The van der Waals surface area contributed by atoms with Gasteiger partial charge in [0.2, 0.25) is 5.95 Å². The molecule has 0 spiro atoms. The number of anilines is 2. The van der Waals surface area contributed by atoms with Crippen LogP contribution in [0.25, 0.3) is 0 Å². The second-order valence-corrected chi connectivity index (χ2v) is 7.88. The summed E-state index contributed by atoms with van der Waals surface area (Å²) in [6, 6.07) is 4.16. The van der Waals surface area contributed by atoms with Gasteiger partial charge in [-0.15, -0.1) is 0 Å². The molecule has 28 heavy (non-hydrogen) atoms. The van der Waals surface area contributed by atoms with Crippen LogP contribution in [0.2, 0.25) is 0 Å². The van der Waals surface area contributed by atoms with E-state index in [4.69, 9.17) is 14.5 Å². The van der Waals surface area contributed by atoms with Crippen LogP contribution in [0.1, 0.15) is 26.7 Å². The fraction of sp³-hybridized carbons (Fsp3) is 0.650. The van der Waals surface area contributed by atoms with E-state index in [2.05, 4.69) is 34.1 Å². The zero-order chi connectivity index (χ0) is 19.3. The first kappa shape index (κ1) is 19.1. The second kappa shape index (κ2) is 8.87. The summed E-state index contributed by atoms with van der Waals surface area (Å²) in [7, 11) is 0. The summed E-state index contributed by atoms with van der Waals surface area (Å²) in [4.78, 5) is 11.5. The van der Waals surface area contributed by atoms with E-state index in [1.54, 1.807) is 6.20 Å². The van der Waals surface area contributed by atoms with Crippen molar-refractivity contribution in [2.24, 2.45) is 5.92 Å². The van der Waals surface area contributed by atoms with Crippen LogP contribution in [0.5, 0.6) is 0 Å². The Bertz CT molecular complexity index is 738. The van der Waals surface area contributed by atoms with Crippen molar-refractivity contribution in [3.8, 4) is 0 Å². The lowest BCUT2D eigenvalue weighted by molar-refractivity contribution is -0.0203. The molecule has 3 atom stereocenters. The van der Waals surface area contributed by atoms with E-state index in [0.717, 1.165) is 50.8 Å². The van der Waals surface area contributed by atoms with Crippen LogP contribution in [0.4, 0.5) is 11.8 Å². The van der Waals surface area contributed by atoms with Gasteiger partial charge in [-0.1, -0.05) is 13.8 Å². The molecule has 8 heteroatoms. The van der Waals surface area contributed by atoms with Crippen molar-refractivity contribution in [3.05, 3.63) is 30.7 Å². The Morgan fingerprint density at radius 1 is 1.25 bits per heavy atom. The molecule has 8 nitrogen and oxygen atoms in total. The van der Waals surface area contributed by atoms with Crippen LogP contribution in [-0.2, 0) is 16.0 Å². The molecule has 152 valence electrons. The van der Waals surface area contributed by atoms with Crippen LogP contribution in [0.3, 0.4) is 0 Å². The molecule has 2 saturated heterocycles. The van der Waals surface area contributed by atoms with Gasteiger partial charge in [-0.25, -0.2) is 4.98 Å². The summed E-state index contributed by atoms with van der Waals surface area (Å²) in [5.74, 6) is 2.08. The monoisotopic (exact) mass is 386 g/mol. The predicted molar refractivity (Wildman–Crippen MR) is 107 cm³/mol. The van der Waals surface area contributed by atoms with E-state index < -0.39 is 0 Å². The highest BCUT2D eigenvalue weighted by Gasteiger charge is 2.29. The number of hydrogen-bond donors (Lipinski definition) is 1. The van der Waals surface area contributed by atoms with Gasteiger partial charge in [-0.3, -0.25) is 4.68 Å². The van der Waals surface area contributed by atoms with Gasteiger partial charge in [-0.05, 0) is 30.9 Å². The molecule has 0 aliphatic carbocycles. The third-order valence-corrected chi connectivity index (χ3v) is 5.37. The highest BCUT2D eigenvalue weighted by Crippen LogP contribution is 2.24. The number of nitrogens with zero attached hydrogens (tertiary/aromatic N) is 5. The third-order valence-electron chi connectivity index (χ3n) is 5.37.